The number of carbonyl (C=O) groups is 1. The van der Waals surface area contributed by atoms with Crippen LogP contribution in [0.25, 0.3) is 10.7 Å². The lowest BCUT2D eigenvalue weighted by molar-refractivity contribution is 0.0945. The van der Waals surface area contributed by atoms with Crippen LogP contribution in [0.4, 0.5) is 0 Å². The largest absolute Gasteiger partial charge is 0.343 e. The molecule has 3 heterocycles. The molecular weight excluding hydrogens is 274 g/mol. The highest BCUT2D eigenvalue weighted by molar-refractivity contribution is 7.13. The highest BCUT2D eigenvalue weighted by atomic mass is 32.1. The van der Waals surface area contributed by atoms with Crippen molar-refractivity contribution in [1.29, 1.82) is 0 Å². The average molecular weight is 285 g/mol. The molecule has 3 aromatic heterocycles. The monoisotopic (exact) mass is 285 g/mol. The van der Waals surface area contributed by atoms with Crippen LogP contribution < -0.4 is 5.32 Å². The van der Waals surface area contributed by atoms with E-state index in [2.05, 4.69) is 25.5 Å². The quantitative estimate of drug-likeness (QED) is 0.766. The number of H-pyrrole nitrogens is 1. The Morgan fingerprint density at radius 3 is 3.00 bits per heavy atom. The molecule has 1 amide bonds. The van der Waals surface area contributed by atoms with Gasteiger partial charge in [-0.1, -0.05) is 12.1 Å². The van der Waals surface area contributed by atoms with E-state index >= 15 is 0 Å². The summed E-state index contributed by atoms with van der Waals surface area (Å²) in [5, 5.41) is 11.6. The van der Waals surface area contributed by atoms with Gasteiger partial charge in [0.1, 0.15) is 11.5 Å². The van der Waals surface area contributed by atoms with Crippen LogP contribution in [0.1, 0.15) is 16.3 Å². The standard InChI is InChI=1S/C13H11N5OS/c19-13(9-4-1-2-6-14-9)15-8-11-16-12(18-17-11)10-5-3-7-20-10/h1-7H,8H2,(H,15,19)(H,16,17,18). The lowest BCUT2D eigenvalue weighted by Gasteiger charge is -2.01. The molecule has 0 saturated carbocycles. The molecule has 0 atom stereocenters. The van der Waals surface area contributed by atoms with Crippen molar-refractivity contribution < 1.29 is 4.79 Å². The molecule has 7 heteroatoms. The van der Waals surface area contributed by atoms with Gasteiger partial charge < -0.3 is 5.32 Å². The molecule has 3 aromatic rings. The first-order valence-corrected chi connectivity index (χ1v) is 6.85. The number of thiophene rings is 1. The van der Waals surface area contributed by atoms with Gasteiger partial charge in [-0.05, 0) is 23.6 Å². The fourth-order valence-electron chi connectivity index (χ4n) is 1.64. The van der Waals surface area contributed by atoms with Crippen molar-refractivity contribution in [1.82, 2.24) is 25.5 Å². The lowest BCUT2D eigenvalue weighted by atomic mass is 10.3. The van der Waals surface area contributed by atoms with E-state index in [0.29, 0.717) is 17.3 Å². The number of rotatable bonds is 4. The Morgan fingerprint density at radius 2 is 2.25 bits per heavy atom. The fourth-order valence-corrected chi connectivity index (χ4v) is 2.30. The Morgan fingerprint density at radius 1 is 1.30 bits per heavy atom. The zero-order valence-electron chi connectivity index (χ0n) is 10.4. The number of hydrogen-bond donors (Lipinski definition) is 2. The number of aromatic amines is 1. The molecule has 0 aliphatic rings. The summed E-state index contributed by atoms with van der Waals surface area (Å²) in [7, 11) is 0. The van der Waals surface area contributed by atoms with E-state index in [1.165, 1.54) is 0 Å². The summed E-state index contributed by atoms with van der Waals surface area (Å²) in [6.45, 7) is 0.285. The molecule has 0 aliphatic carbocycles. The zero-order valence-corrected chi connectivity index (χ0v) is 11.2. The Bertz CT molecular complexity index is 693. The third-order valence-corrected chi connectivity index (χ3v) is 3.45. The molecule has 0 saturated heterocycles. The summed E-state index contributed by atoms with van der Waals surface area (Å²) < 4.78 is 0. The molecule has 0 unspecified atom stereocenters. The van der Waals surface area contributed by atoms with Crippen LogP contribution in [0.2, 0.25) is 0 Å². The zero-order chi connectivity index (χ0) is 13.8. The van der Waals surface area contributed by atoms with Gasteiger partial charge in [0.25, 0.3) is 5.91 Å². The Labute approximate surface area is 118 Å². The second-order valence-electron chi connectivity index (χ2n) is 3.98. The smallest absolute Gasteiger partial charge is 0.270 e. The van der Waals surface area contributed by atoms with Crippen LogP contribution >= 0.6 is 11.3 Å². The van der Waals surface area contributed by atoms with Gasteiger partial charge in [0.05, 0.1) is 11.4 Å². The number of nitrogens with one attached hydrogen (secondary N) is 2. The molecule has 0 aliphatic heterocycles. The second kappa shape index (κ2) is 5.62. The van der Waals surface area contributed by atoms with E-state index in [0.717, 1.165) is 4.88 Å². The van der Waals surface area contributed by atoms with Gasteiger partial charge in [0.15, 0.2) is 5.82 Å². The van der Waals surface area contributed by atoms with Crippen LogP contribution in [0.3, 0.4) is 0 Å². The maximum atomic E-state index is 11.8. The van der Waals surface area contributed by atoms with Gasteiger partial charge in [0, 0.05) is 6.20 Å². The van der Waals surface area contributed by atoms with Gasteiger partial charge in [-0.15, -0.1) is 11.3 Å². The minimum absolute atomic E-state index is 0.236. The highest BCUT2D eigenvalue weighted by Crippen LogP contribution is 2.20. The molecular formula is C13H11N5OS. The number of hydrogen-bond acceptors (Lipinski definition) is 5. The van der Waals surface area contributed by atoms with Crippen LogP contribution in [-0.4, -0.2) is 26.1 Å². The summed E-state index contributed by atoms with van der Waals surface area (Å²) in [4.78, 5) is 21.1. The first kappa shape index (κ1) is 12.5. The summed E-state index contributed by atoms with van der Waals surface area (Å²) in [5.74, 6) is 1.01. The minimum Gasteiger partial charge on any atom is -0.343 e. The molecule has 0 aromatic carbocycles. The lowest BCUT2D eigenvalue weighted by Crippen LogP contribution is -2.24. The maximum absolute atomic E-state index is 11.8. The van der Waals surface area contributed by atoms with Gasteiger partial charge >= 0.3 is 0 Å². The van der Waals surface area contributed by atoms with Gasteiger partial charge in [-0.2, -0.15) is 5.10 Å². The number of pyridine rings is 1. The molecule has 20 heavy (non-hydrogen) atoms. The molecule has 6 nitrogen and oxygen atoms in total. The third kappa shape index (κ3) is 2.72. The minimum atomic E-state index is -0.236. The van der Waals surface area contributed by atoms with Crippen molar-refractivity contribution in [2.45, 2.75) is 6.54 Å². The van der Waals surface area contributed by atoms with Gasteiger partial charge in [-0.25, -0.2) is 4.98 Å². The average Bonchev–Trinajstić information content (AvgIpc) is 3.16. The van der Waals surface area contributed by atoms with E-state index in [1.807, 2.05) is 17.5 Å². The van der Waals surface area contributed by atoms with E-state index in [1.54, 1.807) is 35.7 Å². The number of aromatic nitrogens is 4. The summed E-state index contributed by atoms with van der Waals surface area (Å²) in [5.41, 5.74) is 0.380. The van der Waals surface area contributed by atoms with Crippen LogP contribution in [0.15, 0.2) is 41.9 Å². The Kier molecular flexibility index (Phi) is 3.51. The third-order valence-electron chi connectivity index (χ3n) is 2.59. The SMILES string of the molecule is O=C(NCc1nc(-c2cccs2)n[nH]1)c1ccccn1. The molecule has 3 rings (SSSR count). The topological polar surface area (TPSA) is 83.6 Å². The fraction of sp³-hybridized carbons (Fsp3) is 0.0769. The van der Waals surface area contributed by atoms with Crippen molar-refractivity contribution in [2.75, 3.05) is 0 Å². The van der Waals surface area contributed by atoms with Crippen molar-refractivity contribution in [3.8, 4) is 10.7 Å². The van der Waals surface area contributed by atoms with E-state index < -0.39 is 0 Å². The number of carbonyl (C=O) groups excluding carboxylic acids is 1. The van der Waals surface area contributed by atoms with E-state index in [9.17, 15) is 4.79 Å². The second-order valence-corrected chi connectivity index (χ2v) is 4.93. The predicted molar refractivity (Wildman–Crippen MR) is 75.1 cm³/mol. The summed E-state index contributed by atoms with van der Waals surface area (Å²) in [6, 6.07) is 9.08. The Hall–Kier alpha value is -2.54. The van der Waals surface area contributed by atoms with Crippen LogP contribution in [0.5, 0.6) is 0 Å². The van der Waals surface area contributed by atoms with Gasteiger partial charge in [-0.3, -0.25) is 14.9 Å². The Balaban J connectivity index is 1.63. The van der Waals surface area contributed by atoms with Crippen LogP contribution in [0, 0.1) is 0 Å². The molecule has 2 N–H and O–H groups in total. The molecule has 0 fully saturated rings. The molecule has 100 valence electrons. The van der Waals surface area contributed by atoms with E-state index in [4.69, 9.17) is 0 Å². The maximum Gasteiger partial charge on any atom is 0.270 e. The predicted octanol–water partition coefficient (Wildman–Crippen LogP) is 1.86. The summed E-state index contributed by atoms with van der Waals surface area (Å²) >= 11 is 1.57. The number of amides is 1. The van der Waals surface area contributed by atoms with Crippen molar-refractivity contribution in [3.63, 3.8) is 0 Å². The first-order chi connectivity index (χ1) is 9.83. The normalized spacial score (nSPS) is 10.4. The van der Waals surface area contributed by atoms with E-state index in [-0.39, 0.29) is 12.5 Å². The molecule has 0 spiro atoms. The molecule has 0 radical (unpaired) electrons. The molecule has 0 bridgehead atoms. The highest BCUT2D eigenvalue weighted by Gasteiger charge is 2.09. The number of nitrogens with zero attached hydrogens (tertiary/aromatic N) is 3. The van der Waals surface area contributed by atoms with Gasteiger partial charge in [0.2, 0.25) is 0 Å². The van der Waals surface area contributed by atoms with Crippen LogP contribution in [-0.2, 0) is 6.54 Å². The van der Waals surface area contributed by atoms with Crippen molar-refractivity contribution in [3.05, 3.63) is 53.4 Å². The first-order valence-electron chi connectivity index (χ1n) is 5.97. The summed E-state index contributed by atoms with van der Waals surface area (Å²) in [6.07, 6.45) is 1.58. The van der Waals surface area contributed by atoms with Crippen molar-refractivity contribution in [2.24, 2.45) is 0 Å². The van der Waals surface area contributed by atoms with Crippen molar-refractivity contribution >= 4 is 17.2 Å².